The van der Waals surface area contributed by atoms with Gasteiger partial charge in [-0.1, -0.05) is 98.3 Å². The van der Waals surface area contributed by atoms with Crippen molar-refractivity contribution in [2.45, 2.75) is 70.9 Å². The fraction of sp³-hybridized carbons (Fsp3) is 0.481. The Balaban J connectivity index is 2.23. The molecule has 0 aliphatic carbocycles. The molecule has 0 heterocycles. The van der Waals surface area contributed by atoms with Gasteiger partial charge < -0.3 is 9.53 Å². The summed E-state index contributed by atoms with van der Waals surface area (Å²) in [5.41, 5.74) is 0.892. The first-order chi connectivity index (χ1) is 14.8. The summed E-state index contributed by atoms with van der Waals surface area (Å²) < 4.78 is 6.42. The lowest BCUT2D eigenvalue weighted by molar-refractivity contribution is 0.119. The first-order valence-electron chi connectivity index (χ1n) is 11.6. The van der Waals surface area contributed by atoms with Gasteiger partial charge in [-0.05, 0) is 48.7 Å². The summed E-state index contributed by atoms with van der Waals surface area (Å²) in [4.78, 5) is 0. The number of halogens is 1. The van der Waals surface area contributed by atoms with E-state index in [0.717, 1.165) is 25.0 Å². The van der Waals surface area contributed by atoms with Gasteiger partial charge in [0.25, 0.3) is 0 Å². The minimum atomic E-state index is -1.99. The van der Waals surface area contributed by atoms with E-state index in [4.69, 9.17) is 16.0 Å². The third-order valence-electron chi connectivity index (χ3n) is 7.27. The molecule has 5 heteroatoms. The standard InChI is InChI=1S/C27H41ClO2Si2/c1-21(31(5,6)24-13-10-9-11-14-24)25(26(29)22-16-18-23(28)19-17-22)15-12-20-30-32(7,8)27(2,3)4/h9-11,13-14,16-19,25-26,29H,1,12,15,20H2,2-8H3/t25-,26-/m0/s1. The highest BCUT2D eigenvalue weighted by atomic mass is 35.5. The highest BCUT2D eigenvalue weighted by Gasteiger charge is 2.38. The zero-order chi connectivity index (χ0) is 24.2. The number of rotatable bonds is 10. The first kappa shape index (κ1) is 27.1. The van der Waals surface area contributed by atoms with E-state index in [1.54, 1.807) is 0 Å². The van der Waals surface area contributed by atoms with Crippen molar-refractivity contribution >= 4 is 33.2 Å². The second kappa shape index (κ2) is 10.8. The molecule has 0 saturated heterocycles. The molecule has 1 N–H and O–H groups in total. The summed E-state index contributed by atoms with van der Waals surface area (Å²) in [5.74, 6) is -0.0268. The van der Waals surface area contributed by atoms with E-state index in [9.17, 15) is 5.11 Å². The van der Waals surface area contributed by atoms with E-state index in [1.807, 2.05) is 24.3 Å². The molecule has 2 aromatic carbocycles. The molecule has 0 spiro atoms. The Hall–Kier alpha value is -1.18. The highest BCUT2D eigenvalue weighted by molar-refractivity contribution is 6.95. The van der Waals surface area contributed by atoms with Crippen LogP contribution in [0.15, 0.2) is 66.4 Å². The first-order valence-corrected chi connectivity index (χ1v) is 17.9. The van der Waals surface area contributed by atoms with Crippen molar-refractivity contribution in [3.8, 4) is 0 Å². The second-order valence-corrected chi connectivity index (χ2v) is 20.6. The molecule has 0 aliphatic heterocycles. The molecular weight excluding hydrogens is 448 g/mol. The Bertz CT molecular complexity index is 871. The van der Waals surface area contributed by atoms with Crippen molar-refractivity contribution in [1.29, 1.82) is 0 Å². The van der Waals surface area contributed by atoms with Crippen molar-refractivity contribution in [2.75, 3.05) is 6.61 Å². The molecule has 2 nitrogen and oxygen atoms in total. The molecule has 2 rings (SSSR count). The third-order valence-corrected chi connectivity index (χ3v) is 15.8. The molecule has 0 fully saturated rings. The summed E-state index contributed by atoms with van der Waals surface area (Å²) >= 11 is 6.09. The maximum atomic E-state index is 11.4. The minimum absolute atomic E-state index is 0.0268. The van der Waals surface area contributed by atoms with Crippen LogP contribution >= 0.6 is 11.6 Å². The van der Waals surface area contributed by atoms with E-state index in [2.05, 4.69) is 83.9 Å². The van der Waals surface area contributed by atoms with Crippen LogP contribution in [-0.4, -0.2) is 28.1 Å². The zero-order valence-corrected chi connectivity index (χ0v) is 23.7. The predicted octanol–water partition coefficient (Wildman–Crippen LogP) is 7.50. The monoisotopic (exact) mass is 488 g/mol. The van der Waals surface area contributed by atoms with Gasteiger partial charge in [-0.15, -0.1) is 6.58 Å². The number of aliphatic hydroxyl groups is 1. The Kier molecular flexibility index (Phi) is 9.17. The summed E-state index contributed by atoms with van der Waals surface area (Å²) in [6.45, 7) is 21.3. The maximum Gasteiger partial charge on any atom is 0.191 e. The van der Waals surface area contributed by atoms with Crippen molar-refractivity contribution in [1.82, 2.24) is 0 Å². The lowest BCUT2D eigenvalue weighted by Crippen LogP contribution is -2.46. The lowest BCUT2D eigenvalue weighted by atomic mass is 9.91. The lowest BCUT2D eigenvalue weighted by Gasteiger charge is -2.37. The van der Waals surface area contributed by atoms with Crippen molar-refractivity contribution < 1.29 is 9.53 Å². The largest absolute Gasteiger partial charge is 0.417 e. The van der Waals surface area contributed by atoms with Gasteiger partial charge in [0.1, 0.15) is 8.07 Å². The van der Waals surface area contributed by atoms with Gasteiger partial charge in [0.2, 0.25) is 0 Å². The Morgan fingerprint density at radius 1 is 1.00 bits per heavy atom. The molecule has 0 amide bonds. The van der Waals surface area contributed by atoms with Gasteiger partial charge in [0, 0.05) is 17.5 Å². The molecule has 176 valence electrons. The SMILES string of the molecule is C=C([C@H](CCCO[Si](C)(C)C(C)(C)C)[C@@H](O)c1ccc(Cl)cc1)[Si](C)(C)c1ccccc1. The molecule has 2 aromatic rings. The van der Waals surface area contributed by atoms with E-state index in [-0.39, 0.29) is 11.0 Å². The highest BCUT2D eigenvalue weighted by Crippen LogP contribution is 2.38. The molecular formula is C27H41ClO2Si2. The molecule has 0 unspecified atom stereocenters. The molecule has 0 bridgehead atoms. The van der Waals surface area contributed by atoms with Crippen LogP contribution in [0, 0.1) is 5.92 Å². The summed E-state index contributed by atoms with van der Waals surface area (Å²) in [7, 11) is -3.77. The van der Waals surface area contributed by atoms with Crippen molar-refractivity contribution in [2.24, 2.45) is 5.92 Å². The van der Waals surface area contributed by atoms with Crippen LogP contribution in [0.3, 0.4) is 0 Å². The van der Waals surface area contributed by atoms with Crippen LogP contribution in [0.5, 0.6) is 0 Å². The van der Waals surface area contributed by atoms with Gasteiger partial charge in [0.15, 0.2) is 8.32 Å². The van der Waals surface area contributed by atoms with Crippen LogP contribution in [-0.2, 0) is 4.43 Å². The summed E-state index contributed by atoms with van der Waals surface area (Å²) in [6.07, 6.45) is 1.14. The van der Waals surface area contributed by atoms with Gasteiger partial charge >= 0.3 is 0 Å². The van der Waals surface area contributed by atoms with Gasteiger partial charge in [-0.25, -0.2) is 0 Å². The number of hydrogen-bond acceptors (Lipinski definition) is 2. The van der Waals surface area contributed by atoms with E-state index in [0.29, 0.717) is 5.02 Å². The van der Waals surface area contributed by atoms with Crippen LogP contribution in [0.4, 0.5) is 0 Å². The van der Waals surface area contributed by atoms with Gasteiger partial charge in [-0.2, -0.15) is 0 Å². The topological polar surface area (TPSA) is 29.5 Å². The van der Waals surface area contributed by atoms with Crippen LogP contribution < -0.4 is 5.19 Å². The van der Waals surface area contributed by atoms with Gasteiger partial charge in [0.05, 0.1) is 6.10 Å². The average Bonchev–Trinajstić information content (AvgIpc) is 2.73. The maximum absolute atomic E-state index is 11.4. The smallest absolute Gasteiger partial charge is 0.191 e. The Morgan fingerprint density at radius 2 is 1.56 bits per heavy atom. The molecule has 0 aromatic heterocycles. The fourth-order valence-electron chi connectivity index (χ4n) is 3.77. The van der Waals surface area contributed by atoms with Crippen LogP contribution in [0.25, 0.3) is 0 Å². The molecule has 32 heavy (non-hydrogen) atoms. The van der Waals surface area contributed by atoms with Crippen LogP contribution in [0.2, 0.25) is 36.2 Å². The molecule has 0 radical (unpaired) electrons. The number of benzene rings is 2. The van der Waals surface area contributed by atoms with E-state index >= 15 is 0 Å². The Labute approximate surface area is 202 Å². The van der Waals surface area contributed by atoms with Crippen molar-refractivity contribution in [3.05, 3.63) is 77.0 Å². The number of hydrogen-bond donors (Lipinski definition) is 1. The fourth-order valence-corrected chi connectivity index (χ4v) is 7.61. The van der Waals surface area contributed by atoms with E-state index < -0.39 is 22.5 Å². The quantitative estimate of drug-likeness (QED) is 0.277. The van der Waals surface area contributed by atoms with Crippen LogP contribution in [0.1, 0.15) is 45.3 Å². The summed E-state index contributed by atoms with van der Waals surface area (Å²) in [6, 6.07) is 18.2. The minimum Gasteiger partial charge on any atom is -0.417 e. The molecule has 2 atom stereocenters. The predicted molar refractivity (Wildman–Crippen MR) is 145 cm³/mol. The Morgan fingerprint density at radius 3 is 2.09 bits per heavy atom. The second-order valence-electron chi connectivity index (χ2n) is 10.9. The summed E-state index contributed by atoms with van der Waals surface area (Å²) in [5, 5.41) is 14.8. The van der Waals surface area contributed by atoms with Crippen molar-refractivity contribution in [3.63, 3.8) is 0 Å². The normalized spacial score (nSPS) is 14.8. The molecule has 0 saturated carbocycles. The third kappa shape index (κ3) is 6.67. The molecule has 0 aliphatic rings. The zero-order valence-electron chi connectivity index (χ0n) is 20.9. The average molecular weight is 489 g/mol. The van der Waals surface area contributed by atoms with E-state index in [1.165, 1.54) is 10.4 Å². The number of aliphatic hydroxyl groups excluding tert-OH is 1. The van der Waals surface area contributed by atoms with Gasteiger partial charge in [-0.3, -0.25) is 0 Å².